The molecule has 0 saturated heterocycles. The number of hydrogen-bond donors (Lipinski definition) is 2. The number of methoxy groups -OCH3 is 1. The molecule has 1 rings (SSSR count). The van der Waals surface area contributed by atoms with Crippen LogP contribution in [0.15, 0.2) is 12.2 Å². The van der Waals surface area contributed by atoms with Gasteiger partial charge in [-0.1, -0.05) is 44.8 Å². The molecule has 1 saturated carbocycles. The van der Waals surface area contributed by atoms with E-state index in [1.807, 2.05) is 0 Å². The summed E-state index contributed by atoms with van der Waals surface area (Å²) in [4.78, 5) is 11.1. The van der Waals surface area contributed by atoms with Crippen LogP contribution in [-0.2, 0) is 19.0 Å². The fraction of sp³-hybridized carbons (Fsp3) is 0.880. The molecule has 0 aromatic carbocycles. The van der Waals surface area contributed by atoms with Gasteiger partial charge in [0.15, 0.2) is 0 Å². The van der Waals surface area contributed by atoms with E-state index in [2.05, 4.69) is 23.8 Å². The zero-order valence-electron chi connectivity index (χ0n) is 19.8. The Morgan fingerprint density at radius 1 is 0.968 bits per heavy atom. The van der Waals surface area contributed by atoms with Crippen molar-refractivity contribution in [1.29, 1.82) is 0 Å². The van der Waals surface area contributed by atoms with Gasteiger partial charge in [0.1, 0.15) is 0 Å². The topological polar surface area (TPSA) is 85.2 Å². The lowest BCUT2D eigenvalue weighted by Gasteiger charge is -2.24. The second-order valence-corrected chi connectivity index (χ2v) is 8.68. The standard InChI is InChI=1S/C25H46O6/c1-3-4-5-8-11-15-30-17-18-31-16-14-22-21(20-26)19-24(27)23(22)12-9-6-7-10-13-25(28)29-2/h6,9,21-24,26-27H,3-5,7-8,10-20H2,1-2H3/t21-,22-,23+,24-/m0/s1. The number of ether oxygens (including phenoxy) is 3. The molecule has 0 bridgehead atoms. The van der Waals surface area contributed by atoms with Gasteiger partial charge in [0.2, 0.25) is 0 Å². The van der Waals surface area contributed by atoms with Gasteiger partial charge in [0.05, 0.1) is 26.4 Å². The van der Waals surface area contributed by atoms with Crippen molar-refractivity contribution in [3.8, 4) is 0 Å². The molecule has 31 heavy (non-hydrogen) atoms. The highest BCUT2D eigenvalue weighted by Crippen LogP contribution is 2.41. The minimum absolute atomic E-state index is 0.113. The number of carbonyl (C=O) groups is 1. The summed E-state index contributed by atoms with van der Waals surface area (Å²) in [6.45, 7) is 5.00. The van der Waals surface area contributed by atoms with Crippen LogP contribution in [0.4, 0.5) is 0 Å². The van der Waals surface area contributed by atoms with Crippen LogP contribution in [0.3, 0.4) is 0 Å². The van der Waals surface area contributed by atoms with Crippen LogP contribution in [0.25, 0.3) is 0 Å². The van der Waals surface area contributed by atoms with E-state index in [4.69, 9.17) is 9.47 Å². The summed E-state index contributed by atoms with van der Waals surface area (Å²) in [6, 6.07) is 0. The molecule has 6 nitrogen and oxygen atoms in total. The molecule has 182 valence electrons. The molecule has 0 aliphatic heterocycles. The van der Waals surface area contributed by atoms with E-state index in [-0.39, 0.29) is 36.4 Å². The zero-order chi connectivity index (χ0) is 22.7. The van der Waals surface area contributed by atoms with Crippen molar-refractivity contribution in [3.63, 3.8) is 0 Å². The number of esters is 1. The van der Waals surface area contributed by atoms with Gasteiger partial charge in [0.25, 0.3) is 0 Å². The molecule has 6 heteroatoms. The first-order valence-corrected chi connectivity index (χ1v) is 12.3. The van der Waals surface area contributed by atoms with Gasteiger partial charge < -0.3 is 24.4 Å². The molecule has 1 aliphatic rings. The Balaban J connectivity index is 2.20. The van der Waals surface area contributed by atoms with Crippen LogP contribution in [0, 0.1) is 17.8 Å². The van der Waals surface area contributed by atoms with Crippen LogP contribution >= 0.6 is 0 Å². The predicted octanol–water partition coefficient (Wildman–Crippen LogP) is 4.28. The second kappa shape index (κ2) is 18.6. The molecule has 0 amide bonds. The van der Waals surface area contributed by atoms with E-state index in [9.17, 15) is 15.0 Å². The van der Waals surface area contributed by atoms with Gasteiger partial charge in [-0.25, -0.2) is 0 Å². The molecule has 0 spiro atoms. The first kappa shape index (κ1) is 28.1. The molecule has 0 aromatic rings. The molecule has 2 N–H and O–H groups in total. The highest BCUT2D eigenvalue weighted by atomic mass is 16.5. The number of hydrogen-bond acceptors (Lipinski definition) is 6. The maximum atomic E-state index is 11.1. The highest BCUT2D eigenvalue weighted by Gasteiger charge is 2.40. The molecule has 1 fully saturated rings. The van der Waals surface area contributed by atoms with E-state index in [0.717, 1.165) is 38.7 Å². The largest absolute Gasteiger partial charge is 0.469 e. The molecule has 0 radical (unpaired) electrons. The van der Waals surface area contributed by atoms with Gasteiger partial charge in [-0.2, -0.15) is 0 Å². The number of aliphatic hydroxyl groups excluding tert-OH is 2. The molecule has 4 atom stereocenters. The Kier molecular flexibility index (Phi) is 16.9. The summed E-state index contributed by atoms with van der Waals surface area (Å²) in [5.41, 5.74) is 0. The lowest BCUT2D eigenvalue weighted by molar-refractivity contribution is -0.140. The van der Waals surface area contributed by atoms with Crippen molar-refractivity contribution in [2.24, 2.45) is 17.8 Å². The van der Waals surface area contributed by atoms with Gasteiger partial charge in [0, 0.05) is 26.2 Å². The van der Waals surface area contributed by atoms with Crippen molar-refractivity contribution in [1.82, 2.24) is 0 Å². The average molecular weight is 443 g/mol. The van der Waals surface area contributed by atoms with E-state index in [1.165, 1.54) is 32.8 Å². The molecule has 1 aliphatic carbocycles. The van der Waals surface area contributed by atoms with Crippen LogP contribution < -0.4 is 0 Å². The summed E-state index contributed by atoms with van der Waals surface area (Å²) in [6.07, 6.45) is 14.4. The lowest BCUT2D eigenvalue weighted by Crippen LogP contribution is -2.23. The third-order valence-electron chi connectivity index (χ3n) is 6.34. The quantitative estimate of drug-likeness (QED) is 0.176. The SMILES string of the molecule is CCCCCCCOCCOCC[C@H]1[C@H](CO)C[C@H](O)[C@@H]1CC=CCCCC(=O)OC. The molecular formula is C25H46O6. The third kappa shape index (κ3) is 12.6. The predicted molar refractivity (Wildman–Crippen MR) is 123 cm³/mol. The maximum Gasteiger partial charge on any atom is 0.305 e. The van der Waals surface area contributed by atoms with Gasteiger partial charge in [-0.05, 0) is 56.3 Å². The monoisotopic (exact) mass is 442 g/mol. The minimum Gasteiger partial charge on any atom is -0.469 e. The van der Waals surface area contributed by atoms with Crippen molar-refractivity contribution in [2.75, 3.05) is 40.1 Å². The van der Waals surface area contributed by atoms with E-state index in [0.29, 0.717) is 32.7 Å². The summed E-state index contributed by atoms with van der Waals surface area (Å²) in [7, 11) is 1.41. The lowest BCUT2D eigenvalue weighted by atomic mass is 9.84. The first-order chi connectivity index (χ1) is 15.1. The number of allylic oxidation sites excluding steroid dienone is 2. The first-order valence-electron chi connectivity index (χ1n) is 12.3. The summed E-state index contributed by atoms with van der Waals surface area (Å²) in [5.74, 6) is 0.370. The summed E-state index contributed by atoms with van der Waals surface area (Å²) in [5, 5.41) is 20.2. The van der Waals surface area contributed by atoms with Gasteiger partial charge in [-0.15, -0.1) is 0 Å². The van der Waals surface area contributed by atoms with E-state index < -0.39 is 0 Å². The summed E-state index contributed by atoms with van der Waals surface area (Å²) >= 11 is 0. The minimum atomic E-state index is -0.377. The van der Waals surface area contributed by atoms with Gasteiger partial charge in [-0.3, -0.25) is 4.79 Å². The Hall–Kier alpha value is -0.950. The van der Waals surface area contributed by atoms with Crippen LogP contribution in [0.5, 0.6) is 0 Å². The fourth-order valence-electron chi connectivity index (χ4n) is 4.47. The highest BCUT2D eigenvalue weighted by molar-refractivity contribution is 5.69. The molecular weight excluding hydrogens is 396 g/mol. The Morgan fingerprint density at radius 2 is 1.71 bits per heavy atom. The second-order valence-electron chi connectivity index (χ2n) is 8.68. The third-order valence-corrected chi connectivity index (χ3v) is 6.34. The molecule has 0 heterocycles. The Labute approximate surface area is 189 Å². The fourth-order valence-corrected chi connectivity index (χ4v) is 4.47. The maximum absolute atomic E-state index is 11.1. The number of rotatable bonds is 19. The van der Waals surface area contributed by atoms with Crippen LogP contribution in [0.1, 0.15) is 77.6 Å². The molecule has 0 unspecified atom stereocenters. The number of carbonyl (C=O) groups excluding carboxylic acids is 1. The normalized spacial score (nSPS) is 23.6. The Bertz CT molecular complexity index is 467. The van der Waals surface area contributed by atoms with E-state index >= 15 is 0 Å². The molecule has 0 aromatic heterocycles. The zero-order valence-corrected chi connectivity index (χ0v) is 19.8. The number of unbranched alkanes of at least 4 members (excludes halogenated alkanes) is 5. The van der Waals surface area contributed by atoms with Crippen molar-refractivity contribution < 1.29 is 29.2 Å². The average Bonchev–Trinajstić information content (AvgIpc) is 3.08. The van der Waals surface area contributed by atoms with Crippen molar-refractivity contribution in [3.05, 3.63) is 12.2 Å². The summed E-state index contributed by atoms with van der Waals surface area (Å²) < 4.78 is 16.0. The van der Waals surface area contributed by atoms with Crippen molar-refractivity contribution >= 4 is 5.97 Å². The smallest absolute Gasteiger partial charge is 0.305 e. The van der Waals surface area contributed by atoms with Crippen LogP contribution in [0.2, 0.25) is 0 Å². The van der Waals surface area contributed by atoms with E-state index in [1.54, 1.807) is 0 Å². The Morgan fingerprint density at radius 3 is 2.42 bits per heavy atom. The van der Waals surface area contributed by atoms with Crippen LogP contribution in [-0.4, -0.2) is 62.4 Å². The van der Waals surface area contributed by atoms with Gasteiger partial charge >= 0.3 is 5.97 Å². The van der Waals surface area contributed by atoms with Crippen molar-refractivity contribution in [2.45, 2.75) is 83.7 Å². The number of aliphatic hydroxyl groups is 2.